The molecule has 17 heavy (non-hydrogen) atoms. The van der Waals surface area contributed by atoms with Crippen LogP contribution in [0.4, 0.5) is 0 Å². The van der Waals surface area contributed by atoms with Crippen molar-refractivity contribution >= 4 is 13.8 Å². The molecule has 0 aromatic carbocycles. The zero-order valence-electron chi connectivity index (χ0n) is 11.1. The average Bonchev–Trinajstić information content (AvgIpc) is 2.60. The van der Waals surface area contributed by atoms with Gasteiger partial charge in [0.2, 0.25) is 0 Å². The van der Waals surface area contributed by atoms with Crippen LogP contribution < -0.4 is 0 Å². The Bertz CT molecular complexity index is 361. The molecule has 3 atom stereocenters. The van der Waals surface area contributed by atoms with Crippen molar-refractivity contribution in [3.8, 4) is 0 Å². The Hall–Kier alpha value is -0.725. The quantitative estimate of drug-likeness (QED) is 0.425. The van der Waals surface area contributed by atoms with Crippen LogP contribution in [0.15, 0.2) is 12.2 Å². The van der Waals surface area contributed by atoms with E-state index >= 15 is 0 Å². The molecule has 0 aromatic heterocycles. The standard InChI is InChI=1S/C14H21BO2/c1-9(8-15)12(16)17-11-7-10-5-6-14(11,4)13(10,2)3/h10-11H,1,5-8H2,2-4H3. The normalized spacial score (nSPS) is 38.1. The number of rotatable bonds is 3. The van der Waals surface area contributed by atoms with Crippen molar-refractivity contribution in [1.29, 1.82) is 0 Å². The summed E-state index contributed by atoms with van der Waals surface area (Å²) in [4.78, 5) is 11.8. The van der Waals surface area contributed by atoms with Gasteiger partial charge in [-0.15, -0.1) is 0 Å². The van der Waals surface area contributed by atoms with E-state index in [0.29, 0.717) is 11.5 Å². The Labute approximate surface area is 105 Å². The van der Waals surface area contributed by atoms with Gasteiger partial charge in [0.15, 0.2) is 0 Å². The first-order valence-corrected chi connectivity index (χ1v) is 6.41. The highest BCUT2D eigenvalue weighted by Gasteiger charge is 2.62. The van der Waals surface area contributed by atoms with Crippen LogP contribution in [0.25, 0.3) is 0 Å². The van der Waals surface area contributed by atoms with Gasteiger partial charge in [-0.2, -0.15) is 0 Å². The number of ether oxygens (including phenoxy) is 1. The summed E-state index contributed by atoms with van der Waals surface area (Å²) in [6.45, 7) is 10.5. The Balaban J connectivity index is 2.11. The molecule has 2 saturated carbocycles. The first-order valence-electron chi connectivity index (χ1n) is 6.41. The molecule has 3 unspecified atom stereocenters. The van der Waals surface area contributed by atoms with Crippen LogP contribution in [0.1, 0.15) is 40.0 Å². The van der Waals surface area contributed by atoms with Crippen molar-refractivity contribution in [3.63, 3.8) is 0 Å². The number of carbonyl (C=O) groups is 1. The molecule has 2 rings (SSSR count). The van der Waals surface area contributed by atoms with Crippen LogP contribution >= 0.6 is 0 Å². The summed E-state index contributed by atoms with van der Waals surface area (Å²) in [5.41, 5.74) is 0.749. The third-order valence-corrected chi connectivity index (χ3v) is 5.50. The molecule has 2 aliphatic rings. The minimum absolute atomic E-state index is 0.0343. The summed E-state index contributed by atoms with van der Waals surface area (Å²) in [5, 5.41) is 0. The van der Waals surface area contributed by atoms with E-state index in [0.717, 1.165) is 12.8 Å². The van der Waals surface area contributed by atoms with E-state index in [4.69, 9.17) is 12.6 Å². The van der Waals surface area contributed by atoms with Gasteiger partial charge in [-0.05, 0) is 30.6 Å². The van der Waals surface area contributed by atoms with Crippen molar-refractivity contribution < 1.29 is 9.53 Å². The number of fused-ring (bicyclic) bond motifs is 2. The van der Waals surface area contributed by atoms with Crippen molar-refractivity contribution in [2.24, 2.45) is 16.7 Å². The van der Waals surface area contributed by atoms with E-state index in [-0.39, 0.29) is 29.2 Å². The molecular formula is C14H21BO2. The first kappa shape index (κ1) is 12.7. The van der Waals surface area contributed by atoms with Gasteiger partial charge in [0.1, 0.15) is 6.10 Å². The molecule has 2 bridgehead atoms. The predicted molar refractivity (Wildman–Crippen MR) is 68.8 cm³/mol. The van der Waals surface area contributed by atoms with E-state index in [2.05, 4.69) is 27.4 Å². The molecule has 2 radical (unpaired) electrons. The largest absolute Gasteiger partial charge is 0.458 e. The number of hydrogen-bond donors (Lipinski definition) is 0. The minimum atomic E-state index is -0.318. The molecule has 0 heterocycles. The Morgan fingerprint density at radius 1 is 1.47 bits per heavy atom. The summed E-state index contributed by atoms with van der Waals surface area (Å²) in [7, 11) is 5.41. The minimum Gasteiger partial charge on any atom is -0.458 e. The maximum absolute atomic E-state index is 11.8. The van der Waals surface area contributed by atoms with Crippen LogP contribution in [0.3, 0.4) is 0 Å². The average molecular weight is 232 g/mol. The SMILES string of the molecule is [B]CC(=C)C(=O)OC1CC2CCC1(C)C2(C)C. The summed E-state index contributed by atoms with van der Waals surface area (Å²) < 4.78 is 5.62. The van der Waals surface area contributed by atoms with E-state index in [1.54, 1.807) is 0 Å². The lowest BCUT2D eigenvalue weighted by atomic mass is 9.70. The fourth-order valence-electron chi connectivity index (χ4n) is 3.60. The van der Waals surface area contributed by atoms with Crippen molar-refractivity contribution in [2.75, 3.05) is 0 Å². The van der Waals surface area contributed by atoms with E-state index in [1.807, 2.05) is 0 Å². The van der Waals surface area contributed by atoms with Crippen molar-refractivity contribution in [2.45, 2.75) is 52.5 Å². The molecule has 0 N–H and O–H groups in total. The summed E-state index contributed by atoms with van der Waals surface area (Å²) >= 11 is 0. The van der Waals surface area contributed by atoms with E-state index < -0.39 is 0 Å². The molecule has 0 saturated heterocycles. The van der Waals surface area contributed by atoms with Gasteiger partial charge in [0.25, 0.3) is 0 Å². The predicted octanol–water partition coefficient (Wildman–Crippen LogP) is 2.89. The van der Waals surface area contributed by atoms with Crippen LogP contribution in [0.5, 0.6) is 0 Å². The van der Waals surface area contributed by atoms with Crippen LogP contribution in [0, 0.1) is 16.7 Å². The summed E-state index contributed by atoms with van der Waals surface area (Å²) in [5.74, 6) is 0.360. The lowest BCUT2D eigenvalue weighted by Gasteiger charge is -2.38. The molecule has 2 aliphatic carbocycles. The van der Waals surface area contributed by atoms with Gasteiger partial charge in [0, 0.05) is 11.0 Å². The molecule has 0 spiro atoms. The second-order valence-electron chi connectivity index (χ2n) is 6.31. The van der Waals surface area contributed by atoms with Crippen molar-refractivity contribution in [3.05, 3.63) is 12.2 Å². The van der Waals surface area contributed by atoms with Gasteiger partial charge >= 0.3 is 5.97 Å². The number of hydrogen-bond acceptors (Lipinski definition) is 2. The third-order valence-electron chi connectivity index (χ3n) is 5.50. The maximum atomic E-state index is 11.8. The van der Waals surface area contributed by atoms with Crippen LogP contribution in [-0.2, 0) is 9.53 Å². The maximum Gasteiger partial charge on any atom is 0.332 e. The van der Waals surface area contributed by atoms with Crippen LogP contribution in [0.2, 0.25) is 6.32 Å². The van der Waals surface area contributed by atoms with E-state index in [9.17, 15) is 4.79 Å². The smallest absolute Gasteiger partial charge is 0.332 e. The zero-order chi connectivity index (χ0) is 12.8. The topological polar surface area (TPSA) is 26.3 Å². The number of carbonyl (C=O) groups excluding carboxylic acids is 1. The summed E-state index contributed by atoms with van der Waals surface area (Å²) in [6.07, 6.45) is 3.61. The highest BCUT2D eigenvalue weighted by Crippen LogP contribution is 2.66. The molecule has 0 aromatic rings. The van der Waals surface area contributed by atoms with Gasteiger partial charge < -0.3 is 4.74 Å². The second-order valence-corrected chi connectivity index (χ2v) is 6.31. The molecular weight excluding hydrogens is 211 g/mol. The highest BCUT2D eigenvalue weighted by molar-refractivity contribution is 6.14. The molecule has 3 heteroatoms. The van der Waals surface area contributed by atoms with Crippen LogP contribution in [-0.4, -0.2) is 19.9 Å². The van der Waals surface area contributed by atoms with Gasteiger partial charge in [-0.1, -0.05) is 33.7 Å². The Morgan fingerprint density at radius 3 is 2.53 bits per heavy atom. The fourth-order valence-corrected chi connectivity index (χ4v) is 3.60. The molecule has 2 fully saturated rings. The highest BCUT2D eigenvalue weighted by atomic mass is 16.5. The van der Waals surface area contributed by atoms with Gasteiger partial charge in [-0.25, -0.2) is 4.79 Å². The van der Waals surface area contributed by atoms with E-state index in [1.165, 1.54) is 6.42 Å². The van der Waals surface area contributed by atoms with Gasteiger partial charge in [-0.3, -0.25) is 0 Å². The fraction of sp³-hybridized carbons (Fsp3) is 0.786. The summed E-state index contributed by atoms with van der Waals surface area (Å²) in [6, 6.07) is 0. The van der Waals surface area contributed by atoms with Gasteiger partial charge in [0.05, 0.1) is 7.85 Å². The molecule has 0 amide bonds. The third kappa shape index (κ3) is 1.66. The number of esters is 1. The Morgan fingerprint density at radius 2 is 2.12 bits per heavy atom. The zero-order valence-corrected chi connectivity index (χ0v) is 11.1. The Kier molecular flexibility index (Phi) is 2.91. The molecule has 2 nitrogen and oxygen atoms in total. The first-order chi connectivity index (χ1) is 7.83. The lowest BCUT2D eigenvalue weighted by molar-refractivity contribution is -0.151. The second kappa shape index (κ2) is 3.89. The lowest BCUT2D eigenvalue weighted by Crippen LogP contribution is -2.38. The molecule has 0 aliphatic heterocycles. The van der Waals surface area contributed by atoms with Crippen molar-refractivity contribution in [1.82, 2.24) is 0 Å². The molecule has 92 valence electrons. The monoisotopic (exact) mass is 232 g/mol.